The molecule has 4 rings (SSSR count). The number of rotatable bonds is 8. The molecule has 0 aliphatic heterocycles. The molecule has 4 aromatic rings. The molecule has 0 fully saturated rings. The third kappa shape index (κ3) is 4.99. The van der Waals surface area contributed by atoms with E-state index in [2.05, 4.69) is 10.1 Å². The number of aliphatic carboxylic acids is 1. The van der Waals surface area contributed by atoms with Crippen molar-refractivity contribution in [3.8, 4) is 11.5 Å². The second-order valence-corrected chi connectivity index (χ2v) is 6.74. The van der Waals surface area contributed by atoms with Crippen LogP contribution in [0, 0.1) is 0 Å². The summed E-state index contributed by atoms with van der Waals surface area (Å²) in [5.74, 6) is 0.0807. The van der Waals surface area contributed by atoms with E-state index in [1.807, 2.05) is 36.4 Å². The summed E-state index contributed by atoms with van der Waals surface area (Å²) in [5, 5.41) is 15.3. The van der Waals surface area contributed by atoms with Crippen molar-refractivity contribution >= 4 is 23.1 Å². The molecular weight excluding hydrogens is 410 g/mol. The van der Waals surface area contributed by atoms with Crippen LogP contribution in [0.15, 0.2) is 88.8 Å². The molecule has 1 aromatic heterocycles. The fraction of sp³-hybridized carbons (Fsp3) is 0.0833. The Kier molecular flexibility index (Phi) is 6.22. The largest absolute Gasteiger partial charge is 0.546 e. The van der Waals surface area contributed by atoms with Crippen LogP contribution < -0.4 is 20.1 Å². The average molecular weight is 428 g/mol. The first-order chi connectivity index (χ1) is 15.6. The van der Waals surface area contributed by atoms with Crippen molar-refractivity contribution in [1.82, 2.24) is 9.66 Å². The SMILES string of the molecule is O=C([O-])COc1ccc(/C=N\n2c(COc3ccccc3)nc3ccccc3c2=O)cc1. The van der Waals surface area contributed by atoms with Gasteiger partial charge in [-0.25, -0.2) is 4.98 Å². The van der Waals surface area contributed by atoms with Gasteiger partial charge in [0.1, 0.15) is 24.7 Å². The van der Waals surface area contributed by atoms with Crippen molar-refractivity contribution in [3.63, 3.8) is 0 Å². The Morgan fingerprint density at radius 3 is 2.38 bits per heavy atom. The van der Waals surface area contributed by atoms with Crippen molar-refractivity contribution in [2.45, 2.75) is 6.61 Å². The molecular formula is C24H18N3O5-. The molecule has 0 radical (unpaired) electrons. The summed E-state index contributed by atoms with van der Waals surface area (Å²) in [4.78, 5) is 28.1. The molecule has 160 valence electrons. The van der Waals surface area contributed by atoms with E-state index in [9.17, 15) is 14.7 Å². The van der Waals surface area contributed by atoms with Crippen LogP contribution >= 0.6 is 0 Å². The van der Waals surface area contributed by atoms with Crippen molar-refractivity contribution in [1.29, 1.82) is 0 Å². The number of carbonyl (C=O) groups excluding carboxylic acids is 1. The smallest absolute Gasteiger partial charge is 0.282 e. The van der Waals surface area contributed by atoms with Gasteiger partial charge in [-0.15, -0.1) is 0 Å². The number of nitrogens with zero attached hydrogens (tertiary/aromatic N) is 3. The predicted molar refractivity (Wildman–Crippen MR) is 117 cm³/mol. The molecule has 1 heterocycles. The highest BCUT2D eigenvalue weighted by Crippen LogP contribution is 2.14. The van der Waals surface area contributed by atoms with Crippen LogP contribution in [0.4, 0.5) is 0 Å². The fourth-order valence-corrected chi connectivity index (χ4v) is 2.96. The molecule has 32 heavy (non-hydrogen) atoms. The molecule has 0 saturated heterocycles. The zero-order valence-corrected chi connectivity index (χ0v) is 16.9. The lowest BCUT2D eigenvalue weighted by molar-refractivity contribution is -0.307. The maximum Gasteiger partial charge on any atom is 0.282 e. The third-order valence-electron chi connectivity index (χ3n) is 4.49. The molecule has 0 amide bonds. The zero-order valence-electron chi connectivity index (χ0n) is 16.9. The van der Waals surface area contributed by atoms with E-state index in [1.54, 1.807) is 42.5 Å². The van der Waals surface area contributed by atoms with Gasteiger partial charge in [-0.05, 0) is 54.1 Å². The Labute approximate surface area is 183 Å². The maximum absolute atomic E-state index is 13.1. The second kappa shape index (κ2) is 9.57. The molecule has 0 saturated carbocycles. The number of carboxylic acids is 1. The van der Waals surface area contributed by atoms with Gasteiger partial charge < -0.3 is 19.4 Å². The van der Waals surface area contributed by atoms with Gasteiger partial charge >= 0.3 is 0 Å². The van der Waals surface area contributed by atoms with Crippen molar-refractivity contribution < 1.29 is 19.4 Å². The lowest BCUT2D eigenvalue weighted by Crippen LogP contribution is -2.28. The Morgan fingerprint density at radius 2 is 1.62 bits per heavy atom. The fourth-order valence-electron chi connectivity index (χ4n) is 2.96. The average Bonchev–Trinajstić information content (AvgIpc) is 2.82. The number of ether oxygens (including phenoxy) is 2. The molecule has 0 spiro atoms. The first-order valence-corrected chi connectivity index (χ1v) is 9.76. The van der Waals surface area contributed by atoms with Gasteiger partial charge in [-0.1, -0.05) is 30.3 Å². The highest BCUT2D eigenvalue weighted by atomic mass is 16.5. The van der Waals surface area contributed by atoms with Crippen LogP contribution in [-0.4, -0.2) is 28.5 Å². The maximum atomic E-state index is 13.1. The third-order valence-corrected chi connectivity index (χ3v) is 4.49. The number of carbonyl (C=O) groups is 1. The van der Waals surface area contributed by atoms with Crippen LogP contribution in [0.25, 0.3) is 10.9 Å². The number of hydrogen-bond donors (Lipinski definition) is 0. The molecule has 0 aliphatic carbocycles. The van der Waals surface area contributed by atoms with Gasteiger partial charge in [0.15, 0.2) is 5.82 Å². The van der Waals surface area contributed by atoms with E-state index >= 15 is 0 Å². The Balaban J connectivity index is 1.63. The zero-order chi connectivity index (χ0) is 22.3. The van der Waals surface area contributed by atoms with E-state index in [0.717, 1.165) is 0 Å². The second-order valence-electron chi connectivity index (χ2n) is 6.74. The van der Waals surface area contributed by atoms with Crippen LogP contribution in [0.2, 0.25) is 0 Å². The number of carboxylic acid groups (broad SMARTS) is 1. The molecule has 3 aromatic carbocycles. The van der Waals surface area contributed by atoms with Gasteiger partial charge in [0, 0.05) is 0 Å². The van der Waals surface area contributed by atoms with Gasteiger partial charge in [-0.3, -0.25) is 4.79 Å². The molecule has 0 N–H and O–H groups in total. The van der Waals surface area contributed by atoms with Gasteiger partial charge in [0.05, 0.1) is 23.1 Å². The number of para-hydroxylation sites is 2. The first kappa shape index (κ1) is 20.8. The van der Waals surface area contributed by atoms with E-state index < -0.39 is 12.6 Å². The van der Waals surface area contributed by atoms with Gasteiger partial charge in [0.25, 0.3) is 5.56 Å². The van der Waals surface area contributed by atoms with Crippen LogP contribution in [-0.2, 0) is 11.4 Å². The lowest BCUT2D eigenvalue weighted by atomic mass is 10.2. The topological polar surface area (TPSA) is 106 Å². The predicted octanol–water partition coefficient (Wildman–Crippen LogP) is 1.99. The monoisotopic (exact) mass is 428 g/mol. The number of aromatic nitrogens is 2. The molecule has 0 aliphatic rings. The van der Waals surface area contributed by atoms with E-state index in [1.165, 1.54) is 10.9 Å². The normalized spacial score (nSPS) is 11.0. The van der Waals surface area contributed by atoms with Crippen LogP contribution in [0.5, 0.6) is 11.5 Å². The van der Waals surface area contributed by atoms with Gasteiger partial charge in [-0.2, -0.15) is 9.78 Å². The summed E-state index contributed by atoms with van der Waals surface area (Å²) in [6, 6.07) is 22.9. The van der Waals surface area contributed by atoms with Crippen molar-refractivity contribution in [2.24, 2.45) is 5.10 Å². The van der Waals surface area contributed by atoms with E-state index in [-0.39, 0.29) is 12.2 Å². The molecule has 0 atom stereocenters. The summed E-state index contributed by atoms with van der Waals surface area (Å²) in [6.45, 7) is -0.478. The first-order valence-electron chi connectivity index (χ1n) is 9.76. The number of benzene rings is 3. The van der Waals surface area contributed by atoms with Crippen LogP contribution in [0.3, 0.4) is 0 Å². The van der Waals surface area contributed by atoms with Crippen molar-refractivity contribution in [2.75, 3.05) is 6.61 Å². The minimum Gasteiger partial charge on any atom is -0.546 e. The summed E-state index contributed by atoms with van der Waals surface area (Å²) in [7, 11) is 0. The summed E-state index contributed by atoms with van der Waals surface area (Å²) in [6.07, 6.45) is 1.51. The van der Waals surface area contributed by atoms with Crippen molar-refractivity contribution in [3.05, 3.63) is 101 Å². The summed E-state index contributed by atoms with van der Waals surface area (Å²) < 4.78 is 12.1. The minimum absolute atomic E-state index is 0.0530. The highest BCUT2D eigenvalue weighted by Gasteiger charge is 2.11. The summed E-state index contributed by atoms with van der Waals surface area (Å²) >= 11 is 0. The Morgan fingerprint density at radius 1 is 0.938 bits per heavy atom. The van der Waals surface area contributed by atoms with E-state index in [0.29, 0.717) is 33.8 Å². The lowest BCUT2D eigenvalue weighted by Gasteiger charge is -2.11. The summed E-state index contributed by atoms with van der Waals surface area (Å²) in [5.41, 5.74) is 0.929. The highest BCUT2D eigenvalue weighted by molar-refractivity contribution is 5.80. The molecule has 8 heteroatoms. The number of hydrogen-bond acceptors (Lipinski definition) is 7. The number of fused-ring (bicyclic) bond motifs is 1. The molecule has 8 nitrogen and oxygen atoms in total. The Bertz CT molecular complexity index is 1320. The molecule has 0 bridgehead atoms. The van der Waals surface area contributed by atoms with E-state index in [4.69, 9.17) is 9.47 Å². The quantitative estimate of drug-likeness (QED) is 0.398. The standard InChI is InChI=1S/C24H19N3O5/c28-23(29)16-32-19-12-10-17(11-13-19)14-25-27-22(15-31-18-6-2-1-3-7-18)26-21-9-5-4-8-20(21)24(27)30/h1-14H,15-16H2,(H,28,29)/p-1/b25-14-. The molecule has 0 unspecified atom stereocenters. The minimum atomic E-state index is -1.30. The van der Waals surface area contributed by atoms with Crippen LogP contribution in [0.1, 0.15) is 11.4 Å². The van der Waals surface area contributed by atoms with Gasteiger partial charge in [0.2, 0.25) is 0 Å². The Hall–Kier alpha value is -4.46.